The standard InChI is InChI=1S/C24H27N3O4/c1-14-11-18(15(2)31-14)24(5)21(29)27(22(30)25-24)13-16(28)12-20-23(3,4)17-9-7-8-10-19(17)26(20)6/h7-12H,13H2,1-6H3,(H,25,30). The highest BCUT2D eigenvalue weighted by molar-refractivity contribution is 6.10. The summed E-state index contributed by atoms with van der Waals surface area (Å²) in [5, 5.41) is 2.73. The molecule has 0 saturated carbocycles. The number of carbonyl (C=O) groups excluding carboxylic acids is 3. The monoisotopic (exact) mass is 421 g/mol. The van der Waals surface area contributed by atoms with Gasteiger partial charge in [-0.1, -0.05) is 32.0 Å². The predicted molar refractivity (Wildman–Crippen MR) is 117 cm³/mol. The summed E-state index contributed by atoms with van der Waals surface area (Å²) < 4.78 is 5.54. The number of amides is 3. The molecule has 7 nitrogen and oxygen atoms in total. The highest BCUT2D eigenvalue weighted by atomic mass is 16.3. The largest absolute Gasteiger partial charge is 0.466 e. The van der Waals surface area contributed by atoms with Gasteiger partial charge in [-0.25, -0.2) is 4.79 Å². The Morgan fingerprint density at radius 3 is 2.42 bits per heavy atom. The predicted octanol–water partition coefficient (Wildman–Crippen LogP) is 3.54. The Morgan fingerprint density at radius 1 is 1.13 bits per heavy atom. The van der Waals surface area contributed by atoms with Crippen LogP contribution in [0.1, 0.15) is 43.4 Å². The van der Waals surface area contributed by atoms with Gasteiger partial charge >= 0.3 is 6.03 Å². The molecule has 0 spiro atoms. The van der Waals surface area contributed by atoms with E-state index in [9.17, 15) is 14.4 Å². The summed E-state index contributed by atoms with van der Waals surface area (Å²) in [4.78, 5) is 41.7. The van der Waals surface area contributed by atoms with E-state index >= 15 is 0 Å². The van der Waals surface area contributed by atoms with Gasteiger partial charge in [0.15, 0.2) is 5.78 Å². The Hall–Kier alpha value is -3.35. The average molecular weight is 421 g/mol. The van der Waals surface area contributed by atoms with E-state index < -0.39 is 17.5 Å². The van der Waals surface area contributed by atoms with E-state index in [0.717, 1.165) is 21.8 Å². The number of aryl methyl sites for hydroxylation is 2. The Balaban J connectivity index is 1.59. The van der Waals surface area contributed by atoms with Crippen molar-refractivity contribution in [1.29, 1.82) is 0 Å². The SMILES string of the molecule is Cc1cc(C2(C)NC(=O)N(CC(=O)C=C3N(C)c4ccccc4C3(C)C)C2=O)c(C)o1. The molecule has 0 bridgehead atoms. The number of rotatable bonds is 4. The van der Waals surface area contributed by atoms with Crippen molar-refractivity contribution in [3.63, 3.8) is 0 Å². The van der Waals surface area contributed by atoms with Gasteiger partial charge in [0.1, 0.15) is 17.1 Å². The molecule has 1 unspecified atom stereocenters. The fourth-order valence-corrected chi connectivity index (χ4v) is 4.76. The highest BCUT2D eigenvalue weighted by Crippen LogP contribution is 2.46. The van der Waals surface area contributed by atoms with Crippen molar-refractivity contribution in [1.82, 2.24) is 10.2 Å². The average Bonchev–Trinajstić information content (AvgIpc) is 3.23. The minimum atomic E-state index is -1.26. The number of nitrogens with one attached hydrogen (secondary N) is 1. The summed E-state index contributed by atoms with van der Waals surface area (Å²) >= 11 is 0. The van der Waals surface area contributed by atoms with Crippen LogP contribution in [-0.4, -0.2) is 36.2 Å². The molecule has 0 aliphatic carbocycles. The van der Waals surface area contributed by atoms with Crippen molar-refractivity contribution in [2.45, 2.75) is 45.6 Å². The molecule has 3 heterocycles. The number of fused-ring (bicyclic) bond motifs is 1. The number of hydrogen-bond donors (Lipinski definition) is 1. The molecular formula is C24H27N3O4. The summed E-state index contributed by atoms with van der Waals surface area (Å²) in [6.45, 7) is 8.97. The second-order valence-corrected chi connectivity index (χ2v) is 8.97. The zero-order valence-electron chi connectivity index (χ0n) is 18.7. The van der Waals surface area contributed by atoms with Gasteiger partial charge in [0.25, 0.3) is 5.91 Å². The van der Waals surface area contributed by atoms with Crippen LogP contribution in [0.2, 0.25) is 0 Å². The number of ketones is 1. The number of hydrogen-bond acceptors (Lipinski definition) is 5. The molecule has 3 amide bonds. The van der Waals surface area contributed by atoms with Crippen LogP contribution in [0.5, 0.6) is 0 Å². The van der Waals surface area contributed by atoms with E-state index in [1.807, 2.05) is 30.1 Å². The van der Waals surface area contributed by atoms with Crippen molar-refractivity contribution in [2.75, 3.05) is 18.5 Å². The minimum Gasteiger partial charge on any atom is -0.466 e. The van der Waals surface area contributed by atoms with Crippen LogP contribution in [0.4, 0.5) is 10.5 Å². The Labute approximate surface area is 181 Å². The quantitative estimate of drug-likeness (QED) is 0.603. The minimum absolute atomic E-state index is 0.310. The van der Waals surface area contributed by atoms with Gasteiger partial charge in [0.2, 0.25) is 0 Å². The van der Waals surface area contributed by atoms with Crippen LogP contribution < -0.4 is 10.2 Å². The number of anilines is 1. The summed E-state index contributed by atoms with van der Waals surface area (Å²) in [7, 11) is 1.92. The van der Waals surface area contributed by atoms with Crippen LogP contribution in [0, 0.1) is 13.8 Å². The fourth-order valence-electron chi connectivity index (χ4n) is 4.76. The zero-order chi connectivity index (χ0) is 22.7. The van der Waals surface area contributed by atoms with Gasteiger partial charge in [-0.3, -0.25) is 14.5 Å². The molecule has 0 radical (unpaired) electrons. The van der Waals surface area contributed by atoms with Gasteiger partial charge in [-0.15, -0.1) is 0 Å². The maximum absolute atomic E-state index is 13.2. The number of urea groups is 1. The Bertz CT molecular complexity index is 1140. The first kappa shape index (κ1) is 20.9. The first-order chi connectivity index (χ1) is 14.5. The lowest BCUT2D eigenvalue weighted by Crippen LogP contribution is -2.41. The van der Waals surface area contributed by atoms with Crippen LogP contribution in [0.25, 0.3) is 0 Å². The third kappa shape index (κ3) is 3.07. The number of likely N-dealkylation sites (N-methyl/N-ethyl adjacent to an activating group) is 1. The Morgan fingerprint density at radius 2 is 1.81 bits per heavy atom. The smallest absolute Gasteiger partial charge is 0.325 e. The molecule has 1 aromatic carbocycles. The van der Waals surface area contributed by atoms with Crippen LogP contribution >= 0.6 is 0 Å². The normalized spacial score (nSPS) is 23.5. The number of allylic oxidation sites excluding steroid dienone is 1. The van der Waals surface area contributed by atoms with E-state index in [4.69, 9.17) is 4.42 Å². The third-order valence-corrected chi connectivity index (χ3v) is 6.41. The van der Waals surface area contributed by atoms with Crippen LogP contribution in [-0.2, 0) is 20.5 Å². The molecule has 2 aromatic rings. The molecule has 4 rings (SSSR count). The first-order valence-corrected chi connectivity index (χ1v) is 10.3. The maximum atomic E-state index is 13.2. The molecule has 1 aromatic heterocycles. The van der Waals surface area contributed by atoms with E-state index in [1.165, 1.54) is 0 Å². The lowest BCUT2D eigenvalue weighted by Gasteiger charge is -2.24. The molecule has 1 fully saturated rings. The lowest BCUT2D eigenvalue weighted by atomic mass is 9.83. The van der Waals surface area contributed by atoms with Crippen molar-refractivity contribution in [2.24, 2.45) is 0 Å². The van der Waals surface area contributed by atoms with Crippen LogP contribution in [0.3, 0.4) is 0 Å². The molecule has 31 heavy (non-hydrogen) atoms. The van der Waals surface area contributed by atoms with Crippen molar-refractivity contribution >= 4 is 23.4 Å². The van der Waals surface area contributed by atoms with Crippen LogP contribution in [0.15, 0.2) is 46.5 Å². The topological polar surface area (TPSA) is 82.9 Å². The van der Waals surface area contributed by atoms with Crippen molar-refractivity contribution in [3.8, 4) is 0 Å². The van der Waals surface area contributed by atoms with Gasteiger partial charge in [-0.05, 0) is 38.5 Å². The second-order valence-electron chi connectivity index (χ2n) is 8.97. The van der Waals surface area contributed by atoms with Crippen molar-refractivity contribution in [3.05, 3.63) is 64.8 Å². The number of benzene rings is 1. The molecule has 1 atom stereocenters. The molecule has 2 aliphatic heterocycles. The molecular weight excluding hydrogens is 394 g/mol. The summed E-state index contributed by atoms with van der Waals surface area (Å²) in [5.41, 5.74) is 1.98. The maximum Gasteiger partial charge on any atom is 0.325 e. The number of para-hydroxylation sites is 1. The van der Waals surface area contributed by atoms with Gasteiger partial charge in [-0.2, -0.15) is 0 Å². The molecule has 7 heteroatoms. The molecule has 2 aliphatic rings. The van der Waals surface area contributed by atoms with E-state index in [2.05, 4.69) is 25.2 Å². The number of imide groups is 1. The first-order valence-electron chi connectivity index (χ1n) is 10.3. The highest BCUT2D eigenvalue weighted by Gasteiger charge is 2.51. The summed E-state index contributed by atoms with van der Waals surface area (Å²) in [6, 6.07) is 9.17. The Kier molecular flexibility index (Phi) is 4.61. The van der Waals surface area contributed by atoms with Crippen molar-refractivity contribution < 1.29 is 18.8 Å². The second kappa shape index (κ2) is 6.83. The molecule has 1 N–H and O–H groups in total. The summed E-state index contributed by atoms with van der Waals surface area (Å²) in [5.74, 6) is 0.447. The van der Waals surface area contributed by atoms with Gasteiger partial charge < -0.3 is 14.6 Å². The lowest BCUT2D eigenvalue weighted by molar-refractivity contribution is -0.133. The number of nitrogens with zero attached hydrogens (tertiary/aromatic N) is 2. The van der Waals surface area contributed by atoms with E-state index in [0.29, 0.717) is 17.1 Å². The van der Waals surface area contributed by atoms with Gasteiger partial charge in [0, 0.05) is 35.5 Å². The van der Waals surface area contributed by atoms with E-state index in [1.54, 1.807) is 32.9 Å². The molecule has 162 valence electrons. The fraction of sp³-hybridized carbons (Fsp3) is 0.375. The van der Waals surface area contributed by atoms with E-state index in [-0.39, 0.29) is 17.7 Å². The molecule has 1 saturated heterocycles. The summed E-state index contributed by atoms with van der Waals surface area (Å²) in [6.07, 6.45) is 1.55. The number of furan rings is 1. The number of carbonyl (C=O) groups is 3. The third-order valence-electron chi connectivity index (χ3n) is 6.41. The van der Waals surface area contributed by atoms with Gasteiger partial charge in [0.05, 0.1) is 6.54 Å². The zero-order valence-corrected chi connectivity index (χ0v) is 18.7.